The van der Waals surface area contributed by atoms with Crippen LogP contribution in [0.3, 0.4) is 0 Å². The van der Waals surface area contributed by atoms with Crippen LogP contribution in [0.4, 0.5) is 5.69 Å². The van der Waals surface area contributed by atoms with Gasteiger partial charge in [0, 0.05) is 43.5 Å². The summed E-state index contributed by atoms with van der Waals surface area (Å²) >= 11 is 0. The number of rotatable bonds is 7. The first-order valence-electron chi connectivity index (χ1n) is 10.7. The predicted octanol–water partition coefficient (Wildman–Crippen LogP) is 3.86. The normalized spacial score (nSPS) is 17.1. The maximum Gasteiger partial charge on any atom is 0.244 e. The monoisotopic (exact) mass is 405 g/mol. The number of ether oxygens (including phenoxy) is 1. The maximum atomic E-state index is 12.2. The molecular weight excluding hydrogens is 378 g/mol. The van der Waals surface area contributed by atoms with Gasteiger partial charge in [-0.2, -0.15) is 0 Å². The molecule has 2 fully saturated rings. The van der Waals surface area contributed by atoms with Gasteiger partial charge in [0.2, 0.25) is 17.7 Å². The molecule has 30 heavy (non-hydrogen) atoms. The second-order valence-corrected chi connectivity index (χ2v) is 7.82. The van der Waals surface area contributed by atoms with Crippen molar-refractivity contribution in [2.45, 2.75) is 51.2 Å². The molecular formula is C24H27N3O3. The molecule has 1 N–H and O–H groups in total. The lowest BCUT2D eigenvalue weighted by Gasteiger charge is -2.15. The van der Waals surface area contributed by atoms with E-state index in [1.807, 2.05) is 36.4 Å². The number of pyridine rings is 1. The van der Waals surface area contributed by atoms with Crippen molar-refractivity contribution in [1.82, 2.24) is 10.3 Å². The average molecular weight is 405 g/mol. The van der Waals surface area contributed by atoms with Crippen molar-refractivity contribution in [1.29, 1.82) is 0 Å². The summed E-state index contributed by atoms with van der Waals surface area (Å²) in [6.45, 7) is 1.20. The van der Waals surface area contributed by atoms with Crippen LogP contribution in [0.5, 0.6) is 5.88 Å². The standard InChI is InChI=1S/C24H27N3O3/c28-22(12-9-18-7-10-20(11-8-18)27-15-3-6-24(27)29)26-17-19-13-14-25-23(16-19)30-21-4-1-2-5-21/h7-14,16,21H,1-6,15,17H2,(H,26,28)/b12-9+. The van der Waals surface area contributed by atoms with Crippen molar-refractivity contribution in [2.75, 3.05) is 11.4 Å². The van der Waals surface area contributed by atoms with E-state index in [1.54, 1.807) is 17.2 Å². The number of amides is 2. The summed E-state index contributed by atoms with van der Waals surface area (Å²) in [5, 5.41) is 2.89. The van der Waals surface area contributed by atoms with Crippen molar-refractivity contribution in [3.63, 3.8) is 0 Å². The van der Waals surface area contributed by atoms with E-state index in [9.17, 15) is 9.59 Å². The minimum Gasteiger partial charge on any atom is -0.474 e. The molecule has 0 spiro atoms. The summed E-state index contributed by atoms with van der Waals surface area (Å²) in [6, 6.07) is 11.4. The summed E-state index contributed by atoms with van der Waals surface area (Å²) in [6.07, 6.45) is 11.4. The van der Waals surface area contributed by atoms with Crippen LogP contribution in [0.25, 0.3) is 6.08 Å². The van der Waals surface area contributed by atoms with Crippen LogP contribution in [-0.4, -0.2) is 29.4 Å². The van der Waals surface area contributed by atoms with Crippen molar-refractivity contribution >= 4 is 23.6 Å². The van der Waals surface area contributed by atoms with Gasteiger partial charge in [0.1, 0.15) is 6.10 Å². The number of hydrogen-bond acceptors (Lipinski definition) is 4. The summed E-state index contributed by atoms with van der Waals surface area (Å²) in [5.74, 6) is 0.634. The fourth-order valence-electron chi connectivity index (χ4n) is 3.91. The van der Waals surface area contributed by atoms with Gasteiger partial charge in [-0.15, -0.1) is 0 Å². The molecule has 0 bridgehead atoms. The lowest BCUT2D eigenvalue weighted by molar-refractivity contribution is -0.117. The Morgan fingerprint density at radius 1 is 1.17 bits per heavy atom. The highest BCUT2D eigenvalue weighted by atomic mass is 16.5. The Morgan fingerprint density at radius 3 is 2.70 bits per heavy atom. The highest BCUT2D eigenvalue weighted by Crippen LogP contribution is 2.23. The summed E-state index contributed by atoms with van der Waals surface area (Å²) in [4.78, 5) is 30.1. The number of benzene rings is 1. The minimum absolute atomic E-state index is 0.163. The second-order valence-electron chi connectivity index (χ2n) is 7.82. The third kappa shape index (κ3) is 5.26. The Bertz CT molecular complexity index is 918. The van der Waals surface area contributed by atoms with Gasteiger partial charge < -0.3 is 15.0 Å². The third-order valence-corrected chi connectivity index (χ3v) is 5.56. The zero-order valence-corrected chi connectivity index (χ0v) is 17.0. The molecule has 0 unspecified atom stereocenters. The van der Waals surface area contributed by atoms with Crippen LogP contribution in [0.1, 0.15) is 49.7 Å². The molecule has 1 aliphatic heterocycles. The van der Waals surface area contributed by atoms with Gasteiger partial charge >= 0.3 is 0 Å². The molecule has 2 aromatic rings. The molecule has 0 atom stereocenters. The van der Waals surface area contributed by atoms with Crippen LogP contribution >= 0.6 is 0 Å². The number of aromatic nitrogens is 1. The highest BCUT2D eigenvalue weighted by Gasteiger charge is 2.21. The largest absolute Gasteiger partial charge is 0.474 e. The topological polar surface area (TPSA) is 71.5 Å². The molecule has 1 aliphatic carbocycles. The zero-order valence-electron chi connectivity index (χ0n) is 17.0. The van der Waals surface area contributed by atoms with Crippen LogP contribution in [0.2, 0.25) is 0 Å². The number of hydrogen-bond donors (Lipinski definition) is 1. The van der Waals surface area contributed by atoms with E-state index in [0.29, 0.717) is 18.8 Å². The number of anilines is 1. The average Bonchev–Trinajstić information content (AvgIpc) is 3.43. The maximum absolute atomic E-state index is 12.2. The van der Waals surface area contributed by atoms with E-state index >= 15 is 0 Å². The van der Waals surface area contributed by atoms with Crippen LogP contribution in [0, 0.1) is 0 Å². The minimum atomic E-state index is -0.163. The van der Waals surface area contributed by atoms with E-state index < -0.39 is 0 Å². The van der Waals surface area contributed by atoms with Gasteiger partial charge in [0.05, 0.1) is 0 Å². The van der Waals surface area contributed by atoms with E-state index in [2.05, 4.69) is 10.3 Å². The first-order chi connectivity index (χ1) is 14.7. The number of nitrogens with one attached hydrogen (secondary N) is 1. The molecule has 6 nitrogen and oxygen atoms in total. The van der Waals surface area contributed by atoms with Crippen LogP contribution in [0.15, 0.2) is 48.7 Å². The zero-order chi connectivity index (χ0) is 20.8. The molecule has 0 radical (unpaired) electrons. The number of carbonyl (C=O) groups excluding carboxylic acids is 2. The Balaban J connectivity index is 1.27. The van der Waals surface area contributed by atoms with Crippen LogP contribution in [-0.2, 0) is 16.1 Å². The molecule has 4 rings (SSSR count). The van der Waals surface area contributed by atoms with E-state index in [4.69, 9.17) is 4.74 Å². The van der Waals surface area contributed by atoms with E-state index in [0.717, 1.165) is 42.6 Å². The molecule has 2 aliphatic rings. The van der Waals surface area contributed by atoms with Gasteiger partial charge in [-0.05, 0) is 67.5 Å². The lowest BCUT2D eigenvalue weighted by atomic mass is 10.2. The molecule has 1 aromatic carbocycles. The molecule has 1 saturated heterocycles. The van der Waals surface area contributed by atoms with E-state index in [1.165, 1.54) is 18.9 Å². The summed E-state index contributed by atoms with van der Waals surface area (Å²) in [7, 11) is 0. The fourth-order valence-corrected chi connectivity index (χ4v) is 3.91. The molecule has 156 valence electrons. The Labute approximate surface area is 176 Å². The van der Waals surface area contributed by atoms with Crippen molar-refractivity contribution in [3.05, 3.63) is 59.8 Å². The Hall–Kier alpha value is -3.15. The van der Waals surface area contributed by atoms with Crippen molar-refractivity contribution < 1.29 is 14.3 Å². The summed E-state index contributed by atoms with van der Waals surface area (Å²) < 4.78 is 5.92. The van der Waals surface area contributed by atoms with Gasteiger partial charge in [-0.25, -0.2) is 4.98 Å². The summed E-state index contributed by atoms with van der Waals surface area (Å²) in [5.41, 5.74) is 2.78. The highest BCUT2D eigenvalue weighted by molar-refractivity contribution is 5.95. The van der Waals surface area contributed by atoms with Gasteiger partial charge in [-0.1, -0.05) is 12.1 Å². The smallest absolute Gasteiger partial charge is 0.244 e. The number of nitrogens with zero attached hydrogens (tertiary/aromatic N) is 2. The molecule has 1 saturated carbocycles. The first-order valence-corrected chi connectivity index (χ1v) is 10.7. The lowest BCUT2D eigenvalue weighted by Crippen LogP contribution is -2.23. The molecule has 1 aromatic heterocycles. The SMILES string of the molecule is O=C(/C=C/c1ccc(N2CCCC2=O)cc1)NCc1ccnc(OC2CCCC2)c1. The van der Waals surface area contributed by atoms with Crippen molar-refractivity contribution in [2.24, 2.45) is 0 Å². The van der Waals surface area contributed by atoms with Gasteiger partial charge in [-0.3, -0.25) is 9.59 Å². The Morgan fingerprint density at radius 2 is 1.97 bits per heavy atom. The quantitative estimate of drug-likeness (QED) is 0.710. The van der Waals surface area contributed by atoms with Crippen LogP contribution < -0.4 is 15.0 Å². The third-order valence-electron chi connectivity index (χ3n) is 5.56. The molecule has 2 heterocycles. The van der Waals surface area contributed by atoms with Gasteiger partial charge in [0.25, 0.3) is 0 Å². The van der Waals surface area contributed by atoms with Gasteiger partial charge in [0.15, 0.2) is 0 Å². The van der Waals surface area contributed by atoms with Crippen molar-refractivity contribution in [3.8, 4) is 5.88 Å². The van der Waals surface area contributed by atoms with E-state index in [-0.39, 0.29) is 17.9 Å². The number of carbonyl (C=O) groups is 2. The Kier molecular flexibility index (Phi) is 6.42. The molecule has 2 amide bonds. The first kappa shape index (κ1) is 20.1. The predicted molar refractivity (Wildman–Crippen MR) is 116 cm³/mol. The molecule has 6 heteroatoms. The fraction of sp³-hybridized carbons (Fsp3) is 0.375. The second kappa shape index (κ2) is 9.57.